The maximum atomic E-state index is 11.9. The van der Waals surface area contributed by atoms with Crippen molar-refractivity contribution in [1.29, 1.82) is 5.26 Å². The molecule has 0 aromatic heterocycles. The van der Waals surface area contributed by atoms with Gasteiger partial charge in [0.25, 0.3) is 0 Å². The number of nitrogens with zero attached hydrogens (tertiary/aromatic N) is 3. The van der Waals surface area contributed by atoms with Crippen molar-refractivity contribution in [3.05, 3.63) is 35.9 Å². The van der Waals surface area contributed by atoms with E-state index in [1.807, 2.05) is 36.4 Å². The summed E-state index contributed by atoms with van der Waals surface area (Å²) in [7, 11) is 0. The highest BCUT2D eigenvalue weighted by molar-refractivity contribution is 5.83. The standard InChI is InChI=1S/C15H17N3O3/c16-7-4-8-17-9-10-18(11-14(17)19)15(20)21-12-13-5-2-1-3-6-13/h1-3,5-6H,4,8-12H2. The van der Waals surface area contributed by atoms with E-state index in [9.17, 15) is 9.59 Å². The van der Waals surface area contributed by atoms with Crippen LogP contribution in [0.1, 0.15) is 12.0 Å². The molecule has 1 heterocycles. The number of hydrogen-bond donors (Lipinski definition) is 0. The van der Waals surface area contributed by atoms with Crippen LogP contribution in [0.15, 0.2) is 30.3 Å². The van der Waals surface area contributed by atoms with Crippen molar-refractivity contribution in [2.24, 2.45) is 0 Å². The summed E-state index contributed by atoms with van der Waals surface area (Å²) in [6.07, 6.45) is -0.170. The topological polar surface area (TPSA) is 73.6 Å². The Morgan fingerprint density at radius 1 is 1.29 bits per heavy atom. The number of carbonyl (C=O) groups excluding carboxylic acids is 2. The van der Waals surface area contributed by atoms with Crippen LogP contribution >= 0.6 is 0 Å². The quantitative estimate of drug-likeness (QED) is 0.838. The highest BCUT2D eigenvalue weighted by Gasteiger charge is 2.27. The van der Waals surface area contributed by atoms with Crippen molar-refractivity contribution in [3.8, 4) is 6.07 Å². The molecule has 0 unspecified atom stereocenters. The zero-order chi connectivity index (χ0) is 15.1. The van der Waals surface area contributed by atoms with Gasteiger partial charge in [0.05, 0.1) is 12.5 Å². The summed E-state index contributed by atoms with van der Waals surface area (Å²) in [4.78, 5) is 26.8. The van der Waals surface area contributed by atoms with Gasteiger partial charge in [-0.2, -0.15) is 5.26 Å². The van der Waals surface area contributed by atoms with Gasteiger partial charge in [0.2, 0.25) is 5.91 Å². The molecule has 1 aromatic carbocycles. The Balaban J connectivity index is 1.79. The summed E-state index contributed by atoms with van der Waals surface area (Å²) >= 11 is 0. The zero-order valence-electron chi connectivity index (χ0n) is 11.7. The molecule has 0 N–H and O–H groups in total. The Hall–Kier alpha value is -2.55. The van der Waals surface area contributed by atoms with E-state index in [1.165, 1.54) is 4.90 Å². The van der Waals surface area contributed by atoms with Gasteiger partial charge in [0.15, 0.2) is 0 Å². The number of ether oxygens (including phenoxy) is 1. The Bertz CT molecular complexity index is 539. The first kappa shape index (κ1) is 14.9. The van der Waals surface area contributed by atoms with Gasteiger partial charge in [0, 0.05) is 19.6 Å². The molecule has 0 spiro atoms. The van der Waals surface area contributed by atoms with Gasteiger partial charge >= 0.3 is 6.09 Å². The first-order chi connectivity index (χ1) is 10.2. The fourth-order valence-corrected chi connectivity index (χ4v) is 2.10. The van der Waals surface area contributed by atoms with E-state index in [0.29, 0.717) is 26.1 Å². The number of rotatable bonds is 4. The molecule has 1 aliphatic rings. The molecular formula is C15H17N3O3. The molecule has 1 fully saturated rings. The van der Waals surface area contributed by atoms with E-state index in [4.69, 9.17) is 10.00 Å². The number of hydrogen-bond acceptors (Lipinski definition) is 4. The highest BCUT2D eigenvalue weighted by atomic mass is 16.6. The highest BCUT2D eigenvalue weighted by Crippen LogP contribution is 2.08. The van der Waals surface area contributed by atoms with Gasteiger partial charge < -0.3 is 9.64 Å². The zero-order valence-corrected chi connectivity index (χ0v) is 11.7. The first-order valence-corrected chi connectivity index (χ1v) is 6.81. The average Bonchev–Trinajstić information content (AvgIpc) is 2.52. The molecule has 0 saturated carbocycles. The Morgan fingerprint density at radius 2 is 2.05 bits per heavy atom. The third-order valence-electron chi connectivity index (χ3n) is 3.28. The fraction of sp³-hybridized carbons (Fsp3) is 0.400. The number of amides is 2. The minimum Gasteiger partial charge on any atom is -0.445 e. The van der Waals surface area contributed by atoms with Crippen molar-refractivity contribution < 1.29 is 14.3 Å². The molecule has 1 saturated heterocycles. The lowest BCUT2D eigenvalue weighted by Crippen LogP contribution is -2.52. The number of carbonyl (C=O) groups is 2. The summed E-state index contributed by atoms with van der Waals surface area (Å²) in [6, 6.07) is 11.4. The van der Waals surface area contributed by atoms with Gasteiger partial charge in [-0.15, -0.1) is 0 Å². The van der Waals surface area contributed by atoms with Crippen molar-refractivity contribution >= 4 is 12.0 Å². The lowest BCUT2D eigenvalue weighted by atomic mass is 10.2. The summed E-state index contributed by atoms with van der Waals surface area (Å²) < 4.78 is 5.20. The summed E-state index contributed by atoms with van der Waals surface area (Å²) in [5.41, 5.74) is 0.907. The van der Waals surface area contributed by atoms with Crippen molar-refractivity contribution in [2.45, 2.75) is 13.0 Å². The second kappa shape index (κ2) is 7.29. The monoisotopic (exact) mass is 287 g/mol. The summed E-state index contributed by atoms with van der Waals surface area (Å²) in [6.45, 7) is 1.51. The van der Waals surface area contributed by atoms with Crippen LogP contribution in [-0.4, -0.2) is 48.0 Å². The second-order valence-corrected chi connectivity index (χ2v) is 4.75. The third kappa shape index (κ3) is 4.21. The molecular weight excluding hydrogens is 270 g/mol. The Kier molecular flexibility index (Phi) is 5.16. The average molecular weight is 287 g/mol. The normalized spacial score (nSPS) is 14.7. The molecule has 1 aliphatic heterocycles. The molecule has 0 aliphatic carbocycles. The van der Waals surface area contributed by atoms with Crippen LogP contribution in [0.4, 0.5) is 4.79 Å². The summed E-state index contributed by atoms with van der Waals surface area (Å²) in [5, 5.41) is 8.53. The van der Waals surface area contributed by atoms with Crippen molar-refractivity contribution in [1.82, 2.24) is 9.80 Å². The van der Waals surface area contributed by atoms with Crippen LogP contribution in [0, 0.1) is 11.3 Å². The third-order valence-corrected chi connectivity index (χ3v) is 3.28. The van der Waals surface area contributed by atoms with E-state index in [2.05, 4.69) is 0 Å². The predicted molar refractivity (Wildman–Crippen MR) is 75.0 cm³/mol. The van der Waals surface area contributed by atoms with Gasteiger partial charge in [-0.25, -0.2) is 4.79 Å². The minimum atomic E-state index is -0.480. The van der Waals surface area contributed by atoms with E-state index < -0.39 is 6.09 Å². The molecule has 2 amide bonds. The van der Waals surface area contributed by atoms with Crippen LogP contribution in [0.25, 0.3) is 0 Å². The minimum absolute atomic E-state index is 0.0129. The molecule has 6 heteroatoms. The Morgan fingerprint density at radius 3 is 2.71 bits per heavy atom. The molecule has 0 atom stereocenters. The molecule has 0 radical (unpaired) electrons. The number of nitriles is 1. The van der Waals surface area contributed by atoms with Gasteiger partial charge in [0.1, 0.15) is 13.2 Å². The molecule has 0 bridgehead atoms. The lowest BCUT2D eigenvalue weighted by molar-refractivity contribution is -0.135. The summed E-state index contributed by atoms with van der Waals surface area (Å²) in [5.74, 6) is -0.145. The van der Waals surface area contributed by atoms with Crippen LogP contribution in [0.2, 0.25) is 0 Å². The van der Waals surface area contributed by atoms with Gasteiger partial charge in [-0.05, 0) is 5.56 Å². The number of benzene rings is 1. The molecule has 21 heavy (non-hydrogen) atoms. The number of piperazine rings is 1. The van der Waals surface area contributed by atoms with Crippen LogP contribution in [0.5, 0.6) is 0 Å². The fourth-order valence-electron chi connectivity index (χ4n) is 2.10. The van der Waals surface area contributed by atoms with Gasteiger partial charge in [-0.1, -0.05) is 30.3 Å². The van der Waals surface area contributed by atoms with E-state index in [-0.39, 0.29) is 19.1 Å². The maximum absolute atomic E-state index is 11.9. The van der Waals surface area contributed by atoms with E-state index in [1.54, 1.807) is 4.90 Å². The lowest BCUT2D eigenvalue weighted by Gasteiger charge is -2.33. The molecule has 6 nitrogen and oxygen atoms in total. The molecule has 2 rings (SSSR count). The van der Waals surface area contributed by atoms with Crippen LogP contribution in [-0.2, 0) is 16.1 Å². The molecule has 110 valence electrons. The van der Waals surface area contributed by atoms with Gasteiger partial charge in [-0.3, -0.25) is 9.69 Å². The maximum Gasteiger partial charge on any atom is 0.410 e. The first-order valence-electron chi connectivity index (χ1n) is 6.81. The van der Waals surface area contributed by atoms with Crippen LogP contribution < -0.4 is 0 Å². The SMILES string of the molecule is N#CCCN1CCN(C(=O)OCc2ccccc2)CC1=O. The van der Waals surface area contributed by atoms with Crippen molar-refractivity contribution in [2.75, 3.05) is 26.2 Å². The Labute approximate surface area is 123 Å². The van der Waals surface area contributed by atoms with Crippen LogP contribution in [0.3, 0.4) is 0 Å². The molecule has 1 aromatic rings. The van der Waals surface area contributed by atoms with E-state index in [0.717, 1.165) is 5.56 Å². The van der Waals surface area contributed by atoms with E-state index >= 15 is 0 Å². The largest absolute Gasteiger partial charge is 0.445 e. The smallest absolute Gasteiger partial charge is 0.410 e. The predicted octanol–water partition coefficient (Wildman–Crippen LogP) is 1.38. The second-order valence-electron chi connectivity index (χ2n) is 4.75. The van der Waals surface area contributed by atoms with Crippen molar-refractivity contribution in [3.63, 3.8) is 0 Å².